The summed E-state index contributed by atoms with van der Waals surface area (Å²) in [4.78, 5) is 17.6. The summed E-state index contributed by atoms with van der Waals surface area (Å²) in [5.41, 5.74) is 3.06. The van der Waals surface area contributed by atoms with Gasteiger partial charge < -0.3 is 4.74 Å². The first-order valence-corrected chi connectivity index (χ1v) is 6.55. The number of carbonyl (C=O) groups excluding carboxylic acids is 1. The summed E-state index contributed by atoms with van der Waals surface area (Å²) in [6.45, 7) is 5.56. The van der Waals surface area contributed by atoms with Crippen molar-refractivity contribution < 1.29 is 9.53 Å². The second kappa shape index (κ2) is 4.57. The van der Waals surface area contributed by atoms with Crippen LogP contribution >= 0.6 is 11.3 Å². The van der Waals surface area contributed by atoms with Gasteiger partial charge in [-0.3, -0.25) is 4.90 Å². The van der Waals surface area contributed by atoms with Crippen molar-refractivity contribution in [3.05, 3.63) is 23.7 Å². The first-order valence-electron chi connectivity index (χ1n) is 5.67. The molecular formula is C13H16N2O2S. The van der Waals surface area contributed by atoms with Crippen LogP contribution in [0.4, 0.5) is 10.5 Å². The molecule has 0 fully saturated rings. The van der Waals surface area contributed by atoms with Gasteiger partial charge in [0.25, 0.3) is 0 Å². The number of anilines is 1. The SMILES string of the molecule is CN(C(=O)OC(C)(C)C)c1ccc2ncsc2c1. The highest BCUT2D eigenvalue weighted by atomic mass is 32.1. The molecule has 1 heterocycles. The summed E-state index contributed by atoms with van der Waals surface area (Å²) >= 11 is 1.55. The van der Waals surface area contributed by atoms with E-state index >= 15 is 0 Å². The lowest BCUT2D eigenvalue weighted by Crippen LogP contribution is -2.34. The average molecular weight is 264 g/mol. The van der Waals surface area contributed by atoms with Gasteiger partial charge in [0.15, 0.2) is 0 Å². The molecule has 2 aromatic rings. The molecule has 5 heteroatoms. The van der Waals surface area contributed by atoms with Crippen LogP contribution in [0.3, 0.4) is 0 Å². The monoisotopic (exact) mass is 264 g/mol. The predicted octanol–water partition coefficient (Wildman–Crippen LogP) is 3.67. The molecule has 0 saturated heterocycles. The first kappa shape index (κ1) is 12.8. The summed E-state index contributed by atoms with van der Waals surface area (Å²) in [6, 6.07) is 5.71. The number of aromatic nitrogens is 1. The molecule has 0 aliphatic rings. The molecular weight excluding hydrogens is 248 g/mol. The van der Waals surface area contributed by atoms with Gasteiger partial charge >= 0.3 is 6.09 Å². The number of nitrogens with zero attached hydrogens (tertiary/aromatic N) is 2. The van der Waals surface area contributed by atoms with E-state index in [1.54, 1.807) is 23.9 Å². The molecule has 96 valence electrons. The van der Waals surface area contributed by atoms with Gasteiger partial charge in [0, 0.05) is 12.7 Å². The lowest BCUT2D eigenvalue weighted by Gasteiger charge is -2.24. The average Bonchev–Trinajstić information content (AvgIpc) is 2.72. The largest absolute Gasteiger partial charge is 0.443 e. The lowest BCUT2D eigenvalue weighted by atomic mass is 10.2. The number of fused-ring (bicyclic) bond motifs is 1. The topological polar surface area (TPSA) is 42.4 Å². The maximum atomic E-state index is 11.9. The Bertz CT molecular complexity index is 572. The van der Waals surface area contributed by atoms with E-state index in [0.29, 0.717) is 0 Å². The summed E-state index contributed by atoms with van der Waals surface area (Å²) in [7, 11) is 1.70. The molecule has 0 bridgehead atoms. The Morgan fingerprint density at radius 1 is 1.39 bits per heavy atom. The number of amides is 1. The molecule has 0 radical (unpaired) electrons. The predicted molar refractivity (Wildman–Crippen MR) is 74.3 cm³/mol. The second-order valence-electron chi connectivity index (χ2n) is 5.04. The van der Waals surface area contributed by atoms with Crippen molar-refractivity contribution in [1.82, 2.24) is 4.98 Å². The second-order valence-corrected chi connectivity index (χ2v) is 5.93. The van der Waals surface area contributed by atoms with Crippen molar-refractivity contribution >= 4 is 33.3 Å². The minimum absolute atomic E-state index is 0.355. The summed E-state index contributed by atoms with van der Waals surface area (Å²) in [6.07, 6.45) is -0.355. The standard InChI is InChI=1S/C13H16N2O2S/c1-13(2,3)17-12(16)15(4)9-5-6-10-11(7-9)18-8-14-10/h5-8H,1-4H3. The molecule has 1 aromatic carbocycles. The van der Waals surface area contributed by atoms with Gasteiger partial charge in [-0.15, -0.1) is 11.3 Å². The zero-order chi connectivity index (χ0) is 13.3. The fourth-order valence-electron chi connectivity index (χ4n) is 1.49. The van der Waals surface area contributed by atoms with Gasteiger partial charge in [-0.1, -0.05) is 0 Å². The quantitative estimate of drug-likeness (QED) is 0.789. The Hall–Kier alpha value is -1.62. The summed E-state index contributed by atoms with van der Waals surface area (Å²) in [5.74, 6) is 0. The van der Waals surface area contributed by atoms with Crippen molar-refractivity contribution in [2.24, 2.45) is 0 Å². The number of ether oxygens (including phenoxy) is 1. The Morgan fingerprint density at radius 2 is 2.11 bits per heavy atom. The van der Waals surface area contributed by atoms with E-state index in [-0.39, 0.29) is 6.09 Å². The van der Waals surface area contributed by atoms with Gasteiger partial charge in [0.05, 0.1) is 15.7 Å². The van der Waals surface area contributed by atoms with Crippen LogP contribution < -0.4 is 4.90 Å². The van der Waals surface area contributed by atoms with Crippen molar-refractivity contribution in [2.75, 3.05) is 11.9 Å². The van der Waals surface area contributed by atoms with Gasteiger partial charge in [-0.05, 0) is 39.0 Å². The molecule has 2 rings (SSSR count). The Balaban J connectivity index is 2.22. The first-order chi connectivity index (χ1) is 8.37. The number of rotatable bonds is 1. The Labute approximate surface area is 110 Å². The number of thiazole rings is 1. The molecule has 0 unspecified atom stereocenters. The Morgan fingerprint density at radius 3 is 2.78 bits per heavy atom. The molecule has 0 saturated carbocycles. The van der Waals surface area contributed by atoms with Crippen molar-refractivity contribution in [3.8, 4) is 0 Å². The minimum Gasteiger partial charge on any atom is -0.443 e. The fourth-order valence-corrected chi connectivity index (χ4v) is 2.20. The summed E-state index contributed by atoms with van der Waals surface area (Å²) < 4.78 is 6.38. The maximum Gasteiger partial charge on any atom is 0.414 e. The molecule has 1 amide bonds. The fraction of sp³-hybridized carbons (Fsp3) is 0.385. The van der Waals surface area contributed by atoms with Crippen LogP contribution in [0.1, 0.15) is 20.8 Å². The highest BCUT2D eigenvalue weighted by molar-refractivity contribution is 7.16. The zero-order valence-electron chi connectivity index (χ0n) is 10.9. The molecule has 1 aromatic heterocycles. The molecule has 0 atom stereocenters. The van der Waals surface area contributed by atoms with Crippen LogP contribution in [0.2, 0.25) is 0 Å². The Kier molecular flexibility index (Phi) is 3.26. The van der Waals surface area contributed by atoms with Crippen LogP contribution in [-0.2, 0) is 4.74 Å². The molecule has 4 nitrogen and oxygen atoms in total. The van der Waals surface area contributed by atoms with E-state index in [1.165, 1.54) is 4.90 Å². The van der Waals surface area contributed by atoms with Crippen LogP contribution in [0.25, 0.3) is 10.2 Å². The summed E-state index contributed by atoms with van der Waals surface area (Å²) in [5, 5.41) is 0. The normalized spacial score (nSPS) is 11.6. The van der Waals surface area contributed by atoms with E-state index in [4.69, 9.17) is 4.74 Å². The highest BCUT2D eigenvalue weighted by Crippen LogP contribution is 2.24. The van der Waals surface area contributed by atoms with Crippen LogP contribution in [0, 0.1) is 0 Å². The smallest absolute Gasteiger partial charge is 0.414 e. The maximum absolute atomic E-state index is 11.9. The van der Waals surface area contributed by atoms with Crippen molar-refractivity contribution in [1.29, 1.82) is 0 Å². The van der Waals surface area contributed by atoms with Crippen molar-refractivity contribution in [2.45, 2.75) is 26.4 Å². The molecule has 18 heavy (non-hydrogen) atoms. The zero-order valence-corrected chi connectivity index (χ0v) is 11.7. The van der Waals surface area contributed by atoms with Gasteiger partial charge in [0.1, 0.15) is 5.60 Å². The highest BCUT2D eigenvalue weighted by Gasteiger charge is 2.20. The molecule has 0 spiro atoms. The van der Waals surface area contributed by atoms with E-state index in [0.717, 1.165) is 15.9 Å². The van der Waals surface area contributed by atoms with E-state index in [1.807, 2.05) is 39.0 Å². The van der Waals surface area contributed by atoms with E-state index in [9.17, 15) is 4.79 Å². The number of benzene rings is 1. The van der Waals surface area contributed by atoms with Crippen LogP contribution in [0.5, 0.6) is 0 Å². The van der Waals surface area contributed by atoms with Gasteiger partial charge in [-0.2, -0.15) is 0 Å². The molecule has 0 aliphatic heterocycles. The molecule has 0 N–H and O–H groups in total. The number of hydrogen-bond donors (Lipinski definition) is 0. The lowest BCUT2D eigenvalue weighted by molar-refractivity contribution is 0.0589. The van der Waals surface area contributed by atoms with Crippen LogP contribution in [-0.4, -0.2) is 23.7 Å². The number of hydrogen-bond acceptors (Lipinski definition) is 4. The third-order valence-corrected chi connectivity index (χ3v) is 3.16. The number of carbonyl (C=O) groups is 1. The van der Waals surface area contributed by atoms with Gasteiger partial charge in [-0.25, -0.2) is 9.78 Å². The third kappa shape index (κ3) is 2.79. The van der Waals surface area contributed by atoms with Crippen molar-refractivity contribution in [3.63, 3.8) is 0 Å². The minimum atomic E-state index is -0.486. The molecule has 0 aliphatic carbocycles. The van der Waals surface area contributed by atoms with Crippen LogP contribution in [0.15, 0.2) is 23.7 Å². The third-order valence-electron chi connectivity index (χ3n) is 2.37. The van der Waals surface area contributed by atoms with Gasteiger partial charge in [0.2, 0.25) is 0 Å². The van der Waals surface area contributed by atoms with E-state index < -0.39 is 5.60 Å². The van der Waals surface area contributed by atoms with E-state index in [2.05, 4.69) is 4.98 Å².